The number of alkyl halides is 2. The first-order valence-corrected chi connectivity index (χ1v) is 13.4. The van der Waals surface area contributed by atoms with Crippen LogP contribution in [0.4, 0.5) is 8.78 Å². The average Bonchev–Trinajstić information content (AvgIpc) is 3.36. The fourth-order valence-electron chi connectivity index (χ4n) is 5.94. The number of benzene rings is 2. The van der Waals surface area contributed by atoms with E-state index in [0.29, 0.717) is 33.6 Å². The van der Waals surface area contributed by atoms with Crippen LogP contribution in [-0.4, -0.2) is 44.7 Å². The maximum absolute atomic E-state index is 13.6. The lowest BCUT2D eigenvalue weighted by molar-refractivity contribution is 0.146. The summed E-state index contributed by atoms with van der Waals surface area (Å²) in [5.74, 6) is 1.73. The Morgan fingerprint density at radius 3 is 2.85 bits per heavy atom. The number of hydrogen-bond acceptors (Lipinski definition) is 6. The molecule has 10 nitrogen and oxygen atoms in total. The van der Waals surface area contributed by atoms with Crippen molar-refractivity contribution in [3.8, 4) is 28.3 Å². The van der Waals surface area contributed by atoms with Gasteiger partial charge in [0.15, 0.2) is 0 Å². The van der Waals surface area contributed by atoms with Gasteiger partial charge in [0.1, 0.15) is 17.3 Å². The Labute approximate surface area is 235 Å². The molecular weight excluding hydrogens is 552 g/mol. The maximum Gasteiger partial charge on any atom is 0.283 e. The Morgan fingerprint density at radius 2 is 2.02 bits per heavy atom. The van der Waals surface area contributed by atoms with E-state index in [4.69, 9.17) is 16.6 Å². The molecule has 0 amide bonds. The first kappa shape index (κ1) is 24.1. The molecule has 3 unspecified atom stereocenters. The number of aromatic amines is 2. The Bertz CT molecular complexity index is 2060. The fraction of sp³-hybridized carbons (Fsp3) is 0.214. The van der Waals surface area contributed by atoms with E-state index >= 15 is 0 Å². The molecule has 2 aliphatic rings. The number of fused-ring (bicyclic) bond motifs is 4. The van der Waals surface area contributed by atoms with Crippen molar-refractivity contribution in [3.05, 3.63) is 93.1 Å². The molecule has 1 fully saturated rings. The highest BCUT2D eigenvalue weighted by atomic mass is 35.5. The first-order chi connectivity index (χ1) is 19.9. The van der Waals surface area contributed by atoms with Gasteiger partial charge in [-0.05, 0) is 43.5 Å². The summed E-state index contributed by atoms with van der Waals surface area (Å²) in [4.78, 5) is 26.6. The number of nitrogens with zero attached hydrogens (tertiary/aromatic N) is 7. The molecule has 41 heavy (non-hydrogen) atoms. The lowest BCUT2D eigenvalue weighted by Crippen LogP contribution is -2.27. The third-order valence-corrected chi connectivity index (χ3v) is 8.22. The summed E-state index contributed by atoms with van der Waals surface area (Å²) >= 11 is 6.30. The molecule has 5 heterocycles. The monoisotopic (exact) mass is 571 g/mol. The summed E-state index contributed by atoms with van der Waals surface area (Å²) < 4.78 is 29.3. The van der Waals surface area contributed by atoms with Gasteiger partial charge in [0.25, 0.3) is 12.0 Å². The Morgan fingerprint density at radius 1 is 1.15 bits per heavy atom. The number of H-pyrrole nitrogens is 2. The van der Waals surface area contributed by atoms with Crippen LogP contribution in [-0.2, 0) is 0 Å². The largest absolute Gasteiger partial charge is 0.340 e. The van der Waals surface area contributed by atoms with Crippen LogP contribution in [0.2, 0.25) is 5.02 Å². The van der Waals surface area contributed by atoms with Gasteiger partial charge in [-0.25, -0.2) is 23.4 Å². The van der Waals surface area contributed by atoms with E-state index in [1.807, 2.05) is 25.1 Å². The van der Waals surface area contributed by atoms with Gasteiger partial charge in [-0.3, -0.25) is 14.5 Å². The van der Waals surface area contributed by atoms with Crippen LogP contribution >= 0.6 is 11.6 Å². The summed E-state index contributed by atoms with van der Waals surface area (Å²) in [7, 11) is 0. The minimum Gasteiger partial charge on any atom is -0.340 e. The fourth-order valence-corrected chi connectivity index (χ4v) is 6.11. The van der Waals surface area contributed by atoms with Gasteiger partial charge in [0, 0.05) is 39.2 Å². The van der Waals surface area contributed by atoms with Crippen LogP contribution in [0.5, 0.6) is 0 Å². The van der Waals surface area contributed by atoms with Gasteiger partial charge in [0.05, 0.1) is 41.0 Å². The highest BCUT2D eigenvalue weighted by molar-refractivity contribution is 6.31. The number of imidazole rings is 1. The van der Waals surface area contributed by atoms with Crippen LogP contribution in [0.15, 0.2) is 59.7 Å². The standard InChI is InChI=1S/C28H20ClF2N9O/c1-12-15-4-2-13(6-20(15)36-35-12)27-32-10-21(33-27)25-16-8-17(16)28-34-19(9-24(41)40(25)28)18-7-14(29)3-5-23(18)39-11-22(26(30)31)37-38-39/h2-7,9-11,16-17,25-26H,8H2,1H3,(H,32,33)(H,35,36). The summed E-state index contributed by atoms with van der Waals surface area (Å²) in [5, 5.41) is 16.2. The quantitative estimate of drug-likeness (QED) is 0.287. The molecular formula is C28H20ClF2N9O. The highest BCUT2D eigenvalue weighted by Crippen LogP contribution is 2.60. The molecule has 2 aromatic carbocycles. The number of halogens is 3. The number of hydrogen-bond donors (Lipinski definition) is 2. The summed E-state index contributed by atoms with van der Waals surface area (Å²) in [6.07, 6.45) is 1.08. The van der Waals surface area contributed by atoms with E-state index in [9.17, 15) is 13.6 Å². The second kappa shape index (κ2) is 8.64. The molecule has 0 radical (unpaired) electrons. The summed E-state index contributed by atoms with van der Waals surface area (Å²) in [5.41, 5.74) is 4.27. The van der Waals surface area contributed by atoms with Crippen molar-refractivity contribution >= 4 is 22.5 Å². The van der Waals surface area contributed by atoms with E-state index in [-0.39, 0.29) is 23.4 Å². The predicted molar refractivity (Wildman–Crippen MR) is 146 cm³/mol. The predicted octanol–water partition coefficient (Wildman–Crippen LogP) is 5.36. The lowest BCUT2D eigenvalue weighted by Gasteiger charge is -2.17. The zero-order chi connectivity index (χ0) is 28.0. The third kappa shape index (κ3) is 3.74. The molecule has 0 saturated heterocycles. The zero-order valence-corrected chi connectivity index (χ0v) is 22.1. The molecule has 204 valence electrons. The van der Waals surface area contributed by atoms with Gasteiger partial charge in [-0.2, -0.15) is 5.10 Å². The molecule has 8 rings (SSSR count). The van der Waals surface area contributed by atoms with Crippen LogP contribution in [0.25, 0.3) is 39.2 Å². The highest BCUT2D eigenvalue weighted by Gasteiger charge is 2.55. The van der Waals surface area contributed by atoms with Crippen LogP contribution in [0, 0.1) is 12.8 Å². The van der Waals surface area contributed by atoms with Crippen molar-refractivity contribution in [2.45, 2.75) is 31.7 Å². The van der Waals surface area contributed by atoms with Crippen LogP contribution in [0.3, 0.4) is 0 Å². The lowest BCUT2D eigenvalue weighted by atomic mass is 10.1. The Balaban J connectivity index is 1.18. The third-order valence-electron chi connectivity index (χ3n) is 7.98. The van der Waals surface area contributed by atoms with Gasteiger partial charge in [0.2, 0.25) is 0 Å². The van der Waals surface area contributed by atoms with E-state index in [1.165, 1.54) is 10.7 Å². The zero-order valence-electron chi connectivity index (χ0n) is 21.4. The second-order valence-corrected chi connectivity index (χ2v) is 10.9. The van der Waals surface area contributed by atoms with Crippen LogP contribution < -0.4 is 5.56 Å². The van der Waals surface area contributed by atoms with Crippen molar-refractivity contribution in [3.63, 3.8) is 0 Å². The molecule has 0 spiro atoms. The smallest absolute Gasteiger partial charge is 0.283 e. The summed E-state index contributed by atoms with van der Waals surface area (Å²) in [6, 6.07) is 12.1. The molecule has 1 aliphatic heterocycles. The number of nitrogens with one attached hydrogen (secondary N) is 2. The molecule has 13 heteroatoms. The topological polar surface area (TPSA) is 123 Å². The van der Waals surface area contributed by atoms with E-state index in [1.54, 1.807) is 29.0 Å². The van der Waals surface area contributed by atoms with Crippen molar-refractivity contribution in [1.82, 2.24) is 44.7 Å². The number of aromatic nitrogens is 9. The first-order valence-electron chi connectivity index (χ1n) is 13.0. The molecule has 2 N–H and O–H groups in total. The van der Waals surface area contributed by atoms with Crippen molar-refractivity contribution in [2.24, 2.45) is 5.92 Å². The van der Waals surface area contributed by atoms with Crippen molar-refractivity contribution in [1.29, 1.82) is 0 Å². The normalized spacial score (nSPS) is 19.2. The minimum atomic E-state index is -2.76. The maximum atomic E-state index is 13.6. The molecule has 0 bridgehead atoms. The van der Waals surface area contributed by atoms with E-state index < -0.39 is 12.1 Å². The summed E-state index contributed by atoms with van der Waals surface area (Å²) in [6.45, 7) is 1.98. The number of rotatable bonds is 5. The molecule has 4 aromatic heterocycles. The molecule has 1 saturated carbocycles. The second-order valence-electron chi connectivity index (χ2n) is 10.5. The van der Waals surface area contributed by atoms with E-state index in [2.05, 4.69) is 30.5 Å². The minimum absolute atomic E-state index is 0.127. The average molecular weight is 572 g/mol. The Kier molecular flexibility index (Phi) is 5.08. The van der Waals surface area contributed by atoms with E-state index in [0.717, 1.165) is 40.5 Å². The molecule has 6 aromatic rings. The van der Waals surface area contributed by atoms with Crippen molar-refractivity contribution in [2.75, 3.05) is 0 Å². The molecule has 1 aliphatic carbocycles. The van der Waals surface area contributed by atoms with Gasteiger partial charge in [-0.1, -0.05) is 28.9 Å². The van der Waals surface area contributed by atoms with Gasteiger partial charge >= 0.3 is 0 Å². The SMILES string of the molecule is Cc1[nH]nc2cc(-c3ncc(C4C5CC5c5nc(-c6cc(Cl)ccc6-n6cc(C(F)F)nn6)cc(=O)n54)[nH]3)ccc12. The van der Waals surface area contributed by atoms with Crippen molar-refractivity contribution < 1.29 is 8.78 Å². The van der Waals surface area contributed by atoms with Gasteiger partial charge < -0.3 is 4.98 Å². The van der Waals surface area contributed by atoms with Crippen LogP contribution in [0.1, 0.15) is 47.7 Å². The number of aryl methyl sites for hydroxylation is 1. The Hall–Kier alpha value is -4.71. The molecule has 3 atom stereocenters. The van der Waals surface area contributed by atoms with Gasteiger partial charge in [-0.15, -0.1) is 5.10 Å².